The molecule has 6 heteroatoms. The Morgan fingerprint density at radius 3 is 2.31 bits per heavy atom. The Morgan fingerprint density at radius 2 is 1.65 bits per heavy atom. The molecule has 0 N–H and O–H groups in total. The predicted octanol–water partition coefficient (Wildman–Crippen LogP) is 3.53. The first kappa shape index (κ1) is 18.6. The SMILES string of the molecule is Cc1ccccc1COC(=O)c1ccc(S(=O)(=O)N2CCCCC2)cc1. The Morgan fingerprint density at radius 1 is 1.00 bits per heavy atom. The lowest BCUT2D eigenvalue weighted by Gasteiger charge is -2.25. The van der Waals surface area contributed by atoms with Gasteiger partial charge < -0.3 is 4.74 Å². The average molecular weight is 373 g/mol. The molecule has 1 fully saturated rings. The highest BCUT2D eigenvalue weighted by Crippen LogP contribution is 2.21. The number of esters is 1. The van der Waals surface area contributed by atoms with Crippen molar-refractivity contribution in [3.63, 3.8) is 0 Å². The minimum Gasteiger partial charge on any atom is -0.457 e. The van der Waals surface area contributed by atoms with E-state index in [1.807, 2.05) is 31.2 Å². The van der Waals surface area contributed by atoms with E-state index in [2.05, 4.69) is 0 Å². The molecule has 26 heavy (non-hydrogen) atoms. The van der Waals surface area contributed by atoms with Crippen LogP contribution in [0.15, 0.2) is 53.4 Å². The fourth-order valence-electron chi connectivity index (χ4n) is 3.02. The van der Waals surface area contributed by atoms with E-state index in [0.717, 1.165) is 30.4 Å². The number of sulfonamides is 1. The third kappa shape index (κ3) is 4.14. The van der Waals surface area contributed by atoms with Crippen LogP contribution in [-0.4, -0.2) is 31.8 Å². The molecule has 1 aliphatic heterocycles. The average Bonchev–Trinajstić information content (AvgIpc) is 2.68. The lowest BCUT2D eigenvalue weighted by atomic mass is 10.1. The zero-order chi connectivity index (χ0) is 18.6. The molecule has 0 saturated carbocycles. The van der Waals surface area contributed by atoms with Gasteiger partial charge in [0, 0.05) is 13.1 Å². The second-order valence-corrected chi connectivity index (χ2v) is 8.43. The van der Waals surface area contributed by atoms with Crippen LogP contribution in [-0.2, 0) is 21.4 Å². The van der Waals surface area contributed by atoms with Crippen LogP contribution in [0.3, 0.4) is 0 Å². The number of ether oxygens (including phenoxy) is 1. The van der Waals surface area contributed by atoms with E-state index in [0.29, 0.717) is 18.7 Å². The summed E-state index contributed by atoms with van der Waals surface area (Å²) in [6, 6.07) is 13.7. The van der Waals surface area contributed by atoms with E-state index < -0.39 is 16.0 Å². The molecule has 1 heterocycles. The van der Waals surface area contributed by atoms with Crippen molar-refractivity contribution < 1.29 is 17.9 Å². The molecule has 2 aromatic rings. The van der Waals surface area contributed by atoms with Gasteiger partial charge in [0.05, 0.1) is 10.5 Å². The number of carbonyl (C=O) groups is 1. The molecule has 0 unspecified atom stereocenters. The number of benzene rings is 2. The van der Waals surface area contributed by atoms with Gasteiger partial charge in [-0.05, 0) is 55.2 Å². The molecule has 138 valence electrons. The Labute approximate surface area is 154 Å². The summed E-state index contributed by atoms with van der Waals surface area (Å²) in [6.45, 7) is 3.27. The van der Waals surface area contributed by atoms with E-state index in [1.165, 1.54) is 28.6 Å². The molecule has 3 rings (SSSR count). The zero-order valence-corrected chi connectivity index (χ0v) is 15.7. The van der Waals surface area contributed by atoms with Crippen LogP contribution >= 0.6 is 0 Å². The number of piperidine rings is 1. The maximum atomic E-state index is 12.6. The minimum atomic E-state index is -3.48. The fourth-order valence-corrected chi connectivity index (χ4v) is 4.53. The number of aryl methyl sites for hydroxylation is 1. The quantitative estimate of drug-likeness (QED) is 0.752. The van der Waals surface area contributed by atoms with E-state index in [-0.39, 0.29) is 11.5 Å². The van der Waals surface area contributed by atoms with Crippen molar-refractivity contribution in [2.45, 2.75) is 37.7 Å². The van der Waals surface area contributed by atoms with Crippen LogP contribution in [0.25, 0.3) is 0 Å². The number of rotatable bonds is 5. The van der Waals surface area contributed by atoms with Gasteiger partial charge in [-0.15, -0.1) is 0 Å². The first-order chi connectivity index (χ1) is 12.5. The lowest BCUT2D eigenvalue weighted by molar-refractivity contribution is 0.0472. The van der Waals surface area contributed by atoms with Crippen molar-refractivity contribution in [2.75, 3.05) is 13.1 Å². The molecule has 0 spiro atoms. The van der Waals surface area contributed by atoms with Gasteiger partial charge in [-0.2, -0.15) is 4.31 Å². The topological polar surface area (TPSA) is 63.7 Å². The minimum absolute atomic E-state index is 0.194. The Hall–Kier alpha value is -2.18. The van der Waals surface area contributed by atoms with Crippen LogP contribution < -0.4 is 0 Å². The molecule has 1 saturated heterocycles. The summed E-state index contributed by atoms with van der Waals surface area (Å²) in [7, 11) is -3.48. The molecule has 5 nitrogen and oxygen atoms in total. The van der Waals surface area contributed by atoms with Gasteiger partial charge >= 0.3 is 5.97 Å². The van der Waals surface area contributed by atoms with Gasteiger partial charge in [-0.25, -0.2) is 13.2 Å². The van der Waals surface area contributed by atoms with Crippen LogP contribution in [0.5, 0.6) is 0 Å². The van der Waals surface area contributed by atoms with Gasteiger partial charge in [-0.1, -0.05) is 30.7 Å². The molecule has 0 aromatic heterocycles. The largest absolute Gasteiger partial charge is 0.457 e. The summed E-state index contributed by atoms with van der Waals surface area (Å²) in [5.74, 6) is -0.463. The molecule has 0 aliphatic carbocycles. The first-order valence-electron chi connectivity index (χ1n) is 8.80. The maximum Gasteiger partial charge on any atom is 0.338 e. The summed E-state index contributed by atoms with van der Waals surface area (Å²) in [6.07, 6.45) is 2.85. The Balaban J connectivity index is 1.67. The summed E-state index contributed by atoms with van der Waals surface area (Å²) in [5.41, 5.74) is 2.35. The van der Waals surface area contributed by atoms with Crippen molar-refractivity contribution in [2.24, 2.45) is 0 Å². The summed E-state index contributed by atoms with van der Waals surface area (Å²) >= 11 is 0. The van der Waals surface area contributed by atoms with Gasteiger partial charge in [0.1, 0.15) is 6.61 Å². The van der Waals surface area contributed by atoms with Gasteiger partial charge in [0.15, 0.2) is 0 Å². The molecular weight excluding hydrogens is 350 g/mol. The highest BCUT2D eigenvalue weighted by molar-refractivity contribution is 7.89. The van der Waals surface area contributed by atoms with Crippen LogP contribution in [0.4, 0.5) is 0 Å². The number of nitrogens with zero attached hydrogens (tertiary/aromatic N) is 1. The van der Waals surface area contributed by atoms with Crippen molar-refractivity contribution in [1.29, 1.82) is 0 Å². The third-order valence-electron chi connectivity index (χ3n) is 4.66. The van der Waals surface area contributed by atoms with Crippen molar-refractivity contribution in [3.8, 4) is 0 Å². The normalized spacial score (nSPS) is 15.6. The second kappa shape index (κ2) is 8.01. The number of hydrogen-bond acceptors (Lipinski definition) is 4. The van der Waals surface area contributed by atoms with E-state index in [4.69, 9.17) is 4.74 Å². The summed E-state index contributed by atoms with van der Waals surface area (Å²) in [4.78, 5) is 12.4. The Kier molecular flexibility index (Phi) is 5.74. The number of hydrogen-bond donors (Lipinski definition) is 0. The van der Waals surface area contributed by atoms with Crippen LogP contribution in [0.1, 0.15) is 40.7 Å². The first-order valence-corrected chi connectivity index (χ1v) is 10.2. The van der Waals surface area contributed by atoms with Gasteiger partial charge in [-0.3, -0.25) is 0 Å². The lowest BCUT2D eigenvalue weighted by Crippen LogP contribution is -2.35. The maximum absolute atomic E-state index is 12.6. The van der Waals surface area contributed by atoms with Crippen LogP contribution in [0.2, 0.25) is 0 Å². The fraction of sp³-hybridized carbons (Fsp3) is 0.350. The predicted molar refractivity (Wildman–Crippen MR) is 99.4 cm³/mol. The molecule has 0 bridgehead atoms. The third-order valence-corrected chi connectivity index (χ3v) is 6.58. The zero-order valence-electron chi connectivity index (χ0n) is 14.8. The van der Waals surface area contributed by atoms with Gasteiger partial charge in [0.25, 0.3) is 0 Å². The number of carbonyl (C=O) groups excluding carboxylic acids is 1. The standard InChI is InChI=1S/C20H23NO4S/c1-16-7-3-4-8-18(16)15-25-20(22)17-9-11-19(12-10-17)26(23,24)21-13-5-2-6-14-21/h3-4,7-12H,2,5-6,13-15H2,1H3. The molecule has 1 aliphatic rings. The van der Waals surface area contributed by atoms with Crippen molar-refractivity contribution in [3.05, 3.63) is 65.2 Å². The molecular formula is C20H23NO4S. The smallest absolute Gasteiger partial charge is 0.338 e. The molecule has 0 amide bonds. The van der Waals surface area contributed by atoms with E-state index in [1.54, 1.807) is 0 Å². The van der Waals surface area contributed by atoms with E-state index in [9.17, 15) is 13.2 Å². The molecule has 0 radical (unpaired) electrons. The van der Waals surface area contributed by atoms with Crippen molar-refractivity contribution in [1.82, 2.24) is 4.31 Å². The second-order valence-electron chi connectivity index (χ2n) is 6.49. The van der Waals surface area contributed by atoms with Gasteiger partial charge in [0.2, 0.25) is 10.0 Å². The monoisotopic (exact) mass is 373 g/mol. The van der Waals surface area contributed by atoms with E-state index >= 15 is 0 Å². The highest BCUT2D eigenvalue weighted by atomic mass is 32.2. The Bertz CT molecular complexity index is 869. The highest BCUT2D eigenvalue weighted by Gasteiger charge is 2.26. The summed E-state index contributed by atoms with van der Waals surface area (Å²) < 4.78 is 32.1. The molecule has 2 aromatic carbocycles. The van der Waals surface area contributed by atoms with Crippen molar-refractivity contribution >= 4 is 16.0 Å². The summed E-state index contributed by atoms with van der Waals surface area (Å²) in [5, 5.41) is 0. The van der Waals surface area contributed by atoms with Crippen LogP contribution in [0, 0.1) is 6.92 Å². The molecule has 0 atom stereocenters.